The number of nitrogens with zero attached hydrogens (tertiary/aromatic N) is 1. The van der Waals surface area contributed by atoms with Gasteiger partial charge < -0.3 is 14.7 Å². The Bertz CT molecular complexity index is 456. The first-order valence-corrected chi connectivity index (χ1v) is 6.60. The molecule has 0 N–H and O–H groups in total. The lowest BCUT2D eigenvalue weighted by Crippen LogP contribution is -2.27. The summed E-state index contributed by atoms with van der Waals surface area (Å²) in [5.41, 5.74) is 0.986. The molecule has 1 aliphatic heterocycles. The summed E-state index contributed by atoms with van der Waals surface area (Å²) >= 11 is 0. The van der Waals surface area contributed by atoms with Gasteiger partial charge in [-0.2, -0.15) is 0 Å². The van der Waals surface area contributed by atoms with Crippen molar-refractivity contribution in [3.05, 3.63) is 41.1 Å². The highest BCUT2D eigenvalue weighted by molar-refractivity contribution is 5.59. The maximum Gasteiger partial charge on any atom is 0.185 e. The molecule has 104 valence electrons. The number of rotatable bonds is 3. The third-order valence-electron chi connectivity index (χ3n) is 3.31. The predicted octanol–water partition coefficient (Wildman–Crippen LogP) is 2.87. The highest BCUT2D eigenvalue weighted by Crippen LogP contribution is 2.27. The van der Waals surface area contributed by atoms with Crippen LogP contribution in [0, 0.1) is 5.21 Å². The highest BCUT2D eigenvalue weighted by atomic mass is 16.7. The van der Waals surface area contributed by atoms with Crippen molar-refractivity contribution in [1.82, 2.24) is 0 Å². The second-order valence-electron chi connectivity index (χ2n) is 5.40. The van der Waals surface area contributed by atoms with Crippen LogP contribution in [0.2, 0.25) is 0 Å². The molecule has 3 atom stereocenters. The minimum absolute atomic E-state index is 0.116. The summed E-state index contributed by atoms with van der Waals surface area (Å²) in [5.74, 6) is -0.628. The van der Waals surface area contributed by atoms with Crippen LogP contribution in [0.25, 0.3) is 0 Å². The van der Waals surface area contributed by atoms with E-state index >= 15 is 0 Å². The van der Waals surface area contributed by atoms with Gasteiger partial charge in [0.15, 0.2) is 24.1 Å². The molecule has 1 aliphatic rings. The first kappa shape index (κ1) is 14.0. The smallest absolute Gasteiger partial charge is 0.185 e. The molecule has 0 aromatic heterocycles. The fraction of sp³-hybridized carbons (Fsp3) is 0.533. The molecule has 1 fully saturated rings. The normalized spacial score (nSPS) is 28.3. The van der Waals surface area contributed by atoms with Crippen molar-refractivity contribution in [1.29, 1.82) is 0 Å². The number of hydroxylamine groups is 1. The molecule has 2 rings (SSSR count). The molecule has 0 spiro atoms. The largest absolute Gasteiger partial charge is 0.624 e. The Morgan fingerprint density at radius 1 is 1.26 bits per heavy atom. The Morgan fingerprint density at radius 3 is 2.42 bits per heavy atom. The summed E-state index contributed by atoms with van der Waals surface area (Å²) in [7, 11) is 0. The van der Waals surface area contributed by atoms with Crippen molar-refractivity contribution in [3.63, 3.8) is 0 Å². The summed E-state index contributed by atoms with van der Waals surface area (Å²) in [6.45, 7) is 7.50. The third kappa shape index (κ3) is 3.33. The van der Waals surface area contributed by atoms with E-state index in [2.05, 4.69) is 0 Å². The molecule has 0 amide bonds. The number of benzene rings is 1. The van der Waals surface area contributed by atoms with Crippen LogP contribution >= 0.6 is 0 Å². The zero-order valence-corrected chi connectivity index (χ0v) is 11.9. The summed E-state index contributed by atoms with van der Waals surface area (Å²) in [5, 5.41) is 12.2. The van der Waals surface area contributed by atoms with Crippen LogP contribution in [0.4, 0.5) is 0 Å². The van der Waals surface area contributed by atoms with Gasteiger partial charge >= 0.3 is 0 Å². The minimum atomic E-state index is -0.628. The highest BCUT2D eigenvalue weighted by Gasteiger charge is 2.39. The molecule has 0 bridgehead atoms. The average molecular weight is 263 g/mol. The third-order valence-corrected chi connectivity index (χ3v) is 3.31. The van der Waals surface area contributed by atoms with Gasteiger partial charge in [0, 0.05) is 12.5 Å². The summed E-state index contributed by atoms with van der Waals surface area (Å²) in [4.78, 5) is 0. The monoisotopic (exact) mass is 263 g/mol. The molecular formula is C15H21NO3. The van der Waals surface area contributed by atoms with E-state index in [1.165, 1.54) is 0 Å². The first-order valence-electron chi connectivity index (χ1n) is 6.60. The standard InChI is InChI=1S/C15H21NO3/c1-11(13-8-6-5-7-9-13)16(17)10-14-12(2)18-15(3,4)19-14/h5-12,14H,1-4H3/b16-10-/t11-,12-,14-/m0/s1. The van der Waals surface area contributed by atoms with E-state index in [1.807, 2.05) is 58.0 Å². The van der Waals surface area contributed by atoms with Crippen molar-refractivity contribution in [2.75, 3.05) is 0 Å². The van der Waals surface area contributed by atoms with E-state index in [0.29, 0.717) is 0 Å². The predicted molar refractivity (Wildman–Crippen MR) is 74.0 cm³/mol. The van der Waals surface area contributed by atoms with Crippen molar-refractivity contribution >= 4 is 6.21 Å². The number of hydrogen-bond acceptors (Lipinski definition) is 3. The van der Waals surface area contributed by atoms with Crippen molar-refractivity contribution in [2.45, 2.75) is 51.7 Å². The Morgan fingerprint density at radius 2 is 1.89 bits per heavy atom. The molecule has 1 heterocycles. The van der Waals surface area contributed by atoms with Crippen molar-refractivity contribution in [3.8, 4) is 0 Å². The Labute approximate surface area is 114 Å². The van der Waals surface area contributed by atoms with Gasteiger partial charge in [0.1, 0.15) is 0 Å². The molecule has 0 aliphatic carbocycles. The van der Waals surface area contributed by atoms with E-state index in [4.69, 9.17) is 9.47 Å². The van der Waals surface area contributed by atoms with Crippen LogP contribution in [0.5, 0.6) is 0 Å². The molecule has 0 radical (unpaired) electrons. The molecule has 4 heteroatoms. The second kappa shape index (κ2) is 5.31. The van der Waals surface area contributed by atoms with Crippen molar-refractivity contribution < 1.29 is 14.2 Å². The zero-order valence-electron chi connectivity index (χ0n) is 11.9. The molecule has 0 saturated carbocycles. The van der Waals surface area contributed by atoms with Gasteiger partial charge in [0.25, 0.3) is 0 Å². The molecule has 0 unspecified atom stereocenters. The quantitative estimate of drug-likeness (QED) is 0.364. The van der Waals surface area contributed by atoms with Crippen LogP contribution in [0.3, 0.4) is 0 Å². The van der Waals surface area contributed by atoms with Gasteiger partial charge in [-0.15, -0.1) is 0 Å². The van der Waals surface area contributed by atoms with E-state index in [-0.39, 0.29) is 18.2 Å². The lowest BCUT2D eigenvalue weighted by Gasteiger charge is -2.16. The molecular weight excluding hydrogens is 242 g/mol. The van der Waals surface area contributed by atoms with E-state index in [1.54, 1.807) is 6.21 Å². The SMILES string of the molecule is C[C@@H]1OC(C)(C)O[C@H]1/C=[N+](\[O-])[C@@H](C)c1ccccc1. The Hall–Kier alpha value is -1.39. The zero-order chi connectivity index (χ0) is 14.0. The van der Waals surface area contributed by atoms with Crippen molar-refractivity contribution in [2.24, 2.45) is 0 Å². The fourth-order valence-corrected chi connectivity index (χ4v) is 2.27. The maximum absolute atomic E-state index is 12.2. The fourth-order valence-electron chi connectivity index (χ4n) is 2.27. The Balaban J connectivity index is 2.11. The van der Waals surface area contributed by atoms with E-state index in [0.717, 1.165) is 10.3 Å². The molecule has 1 aromatic carbocycles. The summed E-state index contributed by atoms with van der Waals surface area (Å²) in [6.07, 6.45) is 1.14. The van der Waals surface area contributed by atoms with Crippen LogP contribution < -0.4 is 0 Å². The maximum atomic E-state index is 12.2. The average Bonchev–Trinajstić information content (AvgIpc) is 2.62. The van der Waals surface area contributed by atoms with Crippen LogP contribution in [0.1, 0.15) is 39.3 Å². The van der Waals surface area contributed by atoms with Gasteiger partial charge in [0.2, 0.25) is 0 Å². The van der Waals surface area contributed by atoms with Gasteiger partial charge in [-0.25, -0.2) is 4.74 Å². The van der Waals surface area contributed by atoms with E-state index in [9.17, 15) is 5.21 Å². The van der Waals surface area contributed by atoms with Crippen LogP contribution in [0.15, 0.2) is 30.3 Å². The number of hydrogen-bond donors (Lipinski definition) is 0. The second-order valence-corrected chi connectivity index (χ2v) is 5.40. The lowest BCUT2D eigenvalue weighted by molar-refractivity contribution is -0.501. The van der Waals surface area contributed by atoms with E-state index < -0.39 is 5.79 Å². The van der Waals surface area contributed by atoms with Crippen LogP contribution in [-0.4, -0.2) is 28.9 Å². The Kier molecular flexibility index (Phi) is 3.92. The molecule has 1 saturated heterocycles. The summed E-state index contributed by atoms with van der Waals surface area (Å²) in [6, 6.07) is 9.46. The topological polar surface area (TPSA) is 44.5 Å². The van der Waals surface area contributed by atoms with Gasteiger partial charge in [-0.05, 0) is 20.8 Å². The van der Waals surface area contributed by atoms with Gasteiger partial charge in [-0.1, -0.05) is 30.3 Å². The molecule has 19 heavy (non-hydrogen) atoms. The van der Waals surface area contributed by atoms with Gasteiger partial charge in [0.05, 0.1) is 6.10 Å². The molecule has 1 aromatic rings. The van der Waals surface area contributed by atoms with Gasteiger partial charge in [-0.3, -0.25) is 0 Å². The summed E-state index contributed by atoms with van der Waals surface area (Å²) < 4.78 is 12.3. The van der Waals surface area contributed by atoms with Crippen LogP contribution in [-0.2, 0) is 9.47 Å². The lowest BCUT2D eigenvalue weighted by atomic mass is 10.1. The number of ether oxygens (including phenoxy) is 2. The molecule has 4 nitrogen and oxygen atoms in total. The first-order chi connectivity index (χ1) is 8.89. The minimum Gasteiger partial charge on any atom is -0.624 e.